The van der Waals surface area contributed by atoms with Crippen LogP contribution in [-0.2, 0) is 17.8 Å². The van der Waals surface area contributed by atoms with Gasteiger partial charge in [0, 0.05) is 5.56 Å². The molecule has 0 aromatic heterocycles. The van der Waals surface area contributed by atoms with Crippen molar-refractivity contribution in [3.8, 4) is 5.75 Å². The van der Waals surface area contributed by atoms with Crippen LogP contribution >= 0.6 is 0 Å². The van der Waals surface area contributed by atoms with Crippen molar-refractivity contribution >= 4 is 11.8 Å². The van der Waals surface area contributed by atoms with Gasteiger partial charge in [-0.25, -0.2) is 4.79 Å². The van der Waals surface area contributed by atoms with Gasteiger partial charge in [0.25, 0.3) is 0 Å². The lowest BCUT2D eigenvalue weighted by atomic mass is 10.00. The Balaban J connectivity index is 2.22. The number of nitrogens with one attached hydrogen (secondary N) is 1. The van der Waals surface area contributed by atoms with E-state index in [-0.39, 0.29) is 0 Å². The molecule has 0 aliphatic heterocycles. The van der Waals surface area contributed by atoms with E-state index in [1.807, 2.05) is 18.2 Å². The molecule has 0 radical (unpaired) electrons. The van der Waals surface area contributed by atoms with Crippen LogP contribution in [-0.4, -0.2) is 12.7 Å². The molecule has 4 heteroatoms. The van der Waals surface area contributed by atoms with Crippen molar-refractivity contribution in [1.29, 1.82) is 0 Å². The summed E-state index contributed by atoms with van der Waals surface area (Å²) in [5.74, 6) is 1.26. The first-order valence-corrected chi connectivity index (χ1v) is 9.23. The smallest absolute Gasteiger partial charge is 0.411 e. The highest BCUT2D eigenvalue weighted by molar-refractivity contribution is 5.85. The van der Waals surface area contributed by atoms with Crippen LogP contribution in [0.3, 0.4) is 0 Å². The van der Waals surface area contributed by atoms with Crippen LogP contribution in [0.5, 0.6) is 5.75 Å². The average molecular weight is 355 g/mol. The van der Waals surface area contributed by atoms with E-state index in [4.69, 9.17) is 9.47 Å². The molecule has 140 valence electrons. The maximum atomic E-state index is 11.8. The van der Waals surface area contributed by atoms with Crippen LogP contribution in [0.1, 0.15) is 55.9 Å². The van der Waals surface area contributed by atoms with Crippen LogP contribution in [0.25, 0.3) is 0 Å². The number of aryl methyl sites for hydroxylation is 2. The Kier molecular flexibility index (Phi) is 7.07. The molecule has 2 aromatic rings. The molecule has 0 saturated heterocycles. The minimum Gasteiger partial charge on any atom is -0.489 e. The Hall–Kier alpha value is -2.49. The van der Waals surface area contributed by atoms with E-state index in [1.165, 1.54) is 11.1 Å². The van der Waals surface area contributed by atoms with Gasteiger partial charge in [-0.3, -0.25) is 5.32 Å². The Bertz CT molecular complexity index is 753. The standard InChI is InChI=1S/C22H29NO3/c1-6-17-8-11-21(16(5)12-17)26-14-19-13-18(15(3)4)9-10-20(19)23-22(24)25-7-2/h8-13,15H,6-7,14H2,1-5H3,(H,23,24). The summed E-state index contributed by atoms with van der Waals surface area (Å²) in [6, 6.07) is 12.3. The largest absolute Gasteiger partial charge is 0.489 e. The summed E-state index contributed by atoms with van der Waals surface area (Å²) >= 11 is 0. The van der Waals surface area contributed by atoms with Crippen molar-refractivity contribution in [3.63, 3.8) is 0 Å². The third-order valence-corrected chi connectivity index (χ3v) is 4.34. The fourth-order valence-electron chi connectivity index (χ4n) is 2.74. The summed E-state index contributed by atoms with van der Waals surface area (Å²) in [6.07, 6.45) is 0.556. The molecular formula is C22H29NO3. The fourth-order valence-corrected chi connectivity index (χ4v) is 2.74. The van der Waals surface area contributed by atoms with Crippen LogP contribution < -0.4 is 10.1 Å². The van der Waals surface area contributed by atoms with E-state index in [0.29, 0.717) is 19.1 Å². The number of hydrogen-bond donors (Lipinski definition) is 1. The van der Waals surface area contributed by atoms with Gasteiger partial charge in [0.05, 0.1) is 12.3 Å². The van der Waals surface area contributed by atoms with Gasteiger partial charge >= 0.3 is 6.09 Å². The fraction of sp³-hybridized carbons (Fsp3) is 0.409. The zero-order chi connectivity index (χ0) is 19.1. The summed E-state index contributed by atoms with van der Waals surface area (Å²) in [4.78, 5) is 11.8. The van der Waals surface area contributed by atoms with Gasteiger partial charge in [-0.1, -0.05) is 45.0 Å². The molecule has 1 N–H and O–H groups in total. The number of carbonyl (C=O) groups is 1. The lowest BCUT2D eigenvalue weighted by Gasteiger charge is -2.16. The minimum absolute atomic E-state index is 0.338. The quantitative estimate of drug-likeness (QED) is 0.680. The lowest BCUT2D eigenvalue weighted by Crippen LogP contribution is -2.15. The van der Waals surface area contributed by atoms with E-state index in [9.17, 15) is 4.79 Å². The molecule has 0 spiro atoms. The van der Waals surface area contributed by atoms with E-state index in [2.05, 4.69) is 51.2 Å². The lowest BCUT2D eigenvalue weighted by molar-refractivity contribution is 0.168. The number of carbonyl (C=O) groups excluding carboxylic acids is 1. The highest BCUT2D eigenvalue weighted by Gasteiger charge is 2.11. The molecule has 2 aromatic carbocycles. The first-order valence-electron chi connectivity index (χ1n) is 9.23. The molecule has 0 fully saturated rings. The molecular weight excluding hydrogens is 326 g/mol. The summed E-state index contributed by atoms with van der Waals surface area (Å²) in [6.45, 7) is 11.0. The Morgan fingerprint density at radius 3 is 2.50 bits per heavy atom. The van der Waals surface area contributed by atoms with Gasteiger partial charge in [-0.15, -0.1) is 0 Å². The molecule has 0 bridgehead atoms. The van der Waals surface area contributed by atoms with Crippen molar-refractivity contribution in [2.24, 2.45) is 0 Å². The van der Waals surface area contributed by atoms with E-state index in [1.54, 1.807) is 6.92 Å². The Morgan fingerprint density at radius 2 is 1.88 bits per heavy atom. The van der Waals surface area contributed by atoms with Crippen LogP contribution in [0.4, 0.5) is 10.5 Å². The number of ether oxygens (including phenoxy) is 2. The maximum absolute atomic E-state index is 11.8. The molecule has 4 nitrogen and oxygen atoms in total. The molecule has 26 heavy (non-hydrogen) atoms. The first kappa shape index (κ1) is 19.8. The monoisotopic (exact) mass is 355 g/mol. The van der Waals surface area contributed by atoms with Crippen LogP contribution in [0.15, 0.2) is 36.4 Å². The van der Waals surface area contributed by atoms with Crippen molar-refractivity contribution < 1.29 is 14.3 Å². The topological polar surface area (TPSA) is 47.6 Å². The second kappa shape index (κ2) is 9.27. The molecule has 0 atom stereocenters. The molecule has 1 amide bonds. The van der Waals surface area contributed by atoms with Gasteiger partial charge in [0.15, 0.2) is 0 Å². The summed E-state index contributed by atoms with van der Waals surface area (Å²) < 4.78 is 11.0. The first-order chi connectivity index (χ1) is 12.4. The van der Waals surface area contributed by atoms with E-state index < -0.39 is 6.09 Å². The second-order valence-electron chi connectivity index (χ2n) is 6.66. The minimum atomic E-state index is -0.450. The molecule has 0 aliphatic rings. The zero-order valence-corrected chi connectivity index (χ0v) is 16.4. The van der Waals surface area contributed by atoms with Gasteiger partial charge in [0.2, 0.25) is 0 Å². The summed E-state index contributed by atoms with van der Waals surface area (Å²) in [7, 11) is 0. The van der Waals surface area contributed by atoms with E-state index in [0.717, 1.165) is 29.0 Å². The third-order valence-electron chi connectivity index (χ3n) is 4.34. The third kappa shape index (κ3) is 5.25. The normalized spacial score (nSPS) is 10.7. The average Bonchev–Trinajstić information content (AvgIpc) is 2.61. The Morgan fingerprint density at radius 1 is 1.12 bits per heavy atom. The van der Waals surface area contributed by atoms with Gasteiger partial charge in [-0.05, 0) is 55.0 Å². The van der Waals surface area contributed by atoms with Gasteiger partial charge < -0.3 is 9.47 Å². The van der Waals surface area contributed by atoms with Crippen LogP contribution in [0.2, 0.25) is 0 Å². The van der Waals surface area contributed by atoms with Gasteiger partial charge in [-0.2, -0.15) is 0 Å². The molecule has 2 rings (SSSR count). The predicted molar refractivity (Wildman–Crippen MR) is 106 cm³/mol. The van der Waals surface area contributed by atoms with Crippen molar-refractivity contribution in [2.75, 3.05) is 11.9 Å². The molecule has 0 saturated carbocycles. The van der Waals surface area contributed by atoms with Crippen LogP contribution in [0, 0.1) is 6.92 Å². The zero-order valence-electron chi connectivity index (χ0n) is 16.4. The number of rotatable bonds is 7. The molecule has 0 heterocycles. The van der Waals surface area contributed by atoms with Gasteiger partial charge in [0.1, 0.15) is 12.4 Å². The molecule has 0 aliphatic carbocycles. The number of benzene rings is 2. The number of anilines is 1. The predicted octanol–water partition coefficient (Wildman–Crippen LogP) is 5.83. The van der Waals surface area contributed by atoms with E-state index >= 15 is 0 Å². The molecule has 0 unspecified atom stereocenters. The maximum Gasteiger partial charge on any atom is 0.411 e. The highest BCUT2D eigenvalue weighted by Crippen LogP contribution is 2.26. The second-order valence-corrected chi connectivity index (χ2v) is 6.66. The summed E-state index contributed by atoms with van der Waals surface area (Å²) in [5, 5.41) is 2.81. The van der Waals surface area contributed by atoms with Crippen molar-refractivity contribution in [3.05, 3.63) is 58.7 Å². The number of amides is 1. The SMILES string of the molecule is CCOC(=O)Nc1ccc(C(C)C)cc1COc1ccc(CC)cc1C. The highest BCUT2D eigenvalue weighted by atomic mass is 16.5. The summed E-state index contributed by atoms with van der Waals surface area (Å²) in [5.41, 5.74) is 5.26. The van der Waals surface area contributed by atoms with Crippen molar-refractivity contribution in [2.45, 2.75) is 53.6 Å². The Labute approximate surface area is 156 Å². The number of hydrogen-bond acceptors (Lipinski definition) is 3. The van der Waals surface area contributed by atoms with Crippen molar-refractivity contribution in [1.82, 2.24) is 0 Å².